The summed E-state index contributed by atoms with van der Waals surface area (Å²) in [5.74, 6) is 1.41. The van der Waals surface area contributed by atoms with E-state index in [0.717, 1.165) is 25.1 Å². The van der Waals surface area contributed by atoms with Crippen LogP contribution in [-0.2, 0) is 17.6 Å². The number of rotatable bonds is 7. The van der Waals surface area contributed by atoms with E-state index in [0.29, 0.717) is 18.0 Å². The van der Waals surface area contributed by atoms with E-state index in [4.69, 9.17) is 9.47 Å². The summed E-state index contributed by atoms with van der Waals surface area (Å²) in [5.41, 5.74) is 6.94. The van der Waals surface area contributed by atoms with Crippen molar-refractivity contribution in [2.24, 2.45) is 0 Å². The first-order valence-electron chi connectivity index (χ1n) is 11.2. The van der Waals surface area contributed by atoms with Crippen molar-refractivity contribution in [1.82, 2.24) is 9.88 Å². The van der Waals surface area contributed by atoms with E-state index in [1.54, 1.807) is 26.6 Å². The standard InChI is InChI=1S/C27H31N3O3/c1-18-7-8-20(12-19(18)2)13-24-23-15-26(33-4)25(32-3)14-21(23)9-11-30(24)17-27(31)29-22-6-5-10-28-16-22/h5-8,10,12,14-16,24H,9,11,13,17H2,1-4H3,(H,29,31). The number of pyridine rings is 1. The molecule has 1 atom stereocenters. The minimum Gasteiger partial charge on any atom is -0.493 e. The van der Waals surface area contributed by atoms with E-state index in [-0.39, 0.29) is 11.9 Å². The molecule has 4 rings (SSSR count). The third kappa shape index (κ3) is 5.17. The van der Waals surface area contributed by atoms with E-state index in [9.17, 15) is 4.79 Å². The number of hydrogen-bond donors (Lipinski definition) is 1. The van der Waals surface area contributed by atoms with Crippen LogP contribution in [0.1, 0.15) is 33.9 Å². The SMILES string of the molecule is COc1cc2c(cc1OC)C(Cc1ccc(C)c(C)c1)N(CC(=O)Nc1cccnc1)CC2. The Bertz CT molecular complexity index is 1130. The Morgan fingerprint density at radius 3 is 2.58 bits per heavy atom. The fourth-order valence-corrected chi connectivity index (χ4v) is 4.48. The second-order valence-electron chi connectivity index (χ2n) is 8.55. The molecule has 0 saturated heterocycles. The number of carbonyl (C=O) groups excluding carboxylic acids is 1. The average Bonchev–Trinajstić information content (AvgIpc) is 2.82. The van der Waals surface area contributed by atoms with Crippen molar-refractivity contribution >= 4 is 11.6 Å². The van der Waals surface area contributed by atoms with Crippen molar-refractivity contribution in [3.8, 4) is 11.5 Å². The molecule has 0 bridgehead atoms. The predicted molar refractivity (Wildman–Crippen MR) is 130 cm³/mol. The lowest BCUT2D eigenvalue weighted by molar-refractivity contribution is -0.118. The number of anilines is 1. The van der Waals surface area contributed by atoms with Gasteiger partial charge >= 0.3 is 0 Å². The maximum absolute atomic E-state index is 12.9. The number of ether oxygens (including phenoxy) is 2. The molecule has 6 heteroatoms. The number of nitrogens with one attached hydrogen (secondary N) is 1. The van der Waals surface area contributed by atoms with Crippen molar-refractivity contribution in [1.29, 1.82) is 0 Å². The summed E-state index contributed by atoms with van der Waals surface area (Å²) < 4.78 is 11.1. The van der Waals surface area contributed by atoms with Gasteiger partial charge in [0.25, 0.3) is 0 Å². The first-order chi connectivity index (χ1) is 16.0. The highest BCUT2D eigenvalue weighted by atomic mass is 16.5. The number of benzene rings is 2. The first kappa shape index (κ1) is 22.8. The van der Waals surface area contributed by atoms with Gasteiger partial charge in [0.1, 0.15) is 0 Å². The summed E-state index contributed by atoms with van der Waals surface area (Å²) in [6.45, 7) is 5.36. The van der Waals surface area contributed by atoms with Crippen molar-refractivity contribution < 1.29 is 14.3 Å². The molecule has 1 amide bonds. The van der Waals surface area contributed by atoms with Crippen molar-refractivity contribution in [2.45, 2.75) is 32.7 Å². The number of hydrogen-bond acceptors (Lipinski definition) is 5. The van der Waals surface area contributed by atoms with E-state index >= 15 is 0 Å². The van der Waals surface area contributed by atoms with E-state index < -0.39 is 0 Å². The van der Waals surface area contributed by atoms with Gasteiger partial charge in [0.05, 0.1) is 32.6 Å². The molecule has 0 radical (unpaired) electrons. The van der Waals surface area contributed by atoms with Gasteiger partial charge in [0.15, 0.2) is 11.5 Å². The van der Waals surface area contributed by atoms with Crippen LogP contribution < -0.4 is 14.8 Å². The van der Waals surface area contributed by atoms with Gasteiger partial charge in [0.2, 0.25) is 5.91 Å². The fourth-order valence-electron chi connectivity index (χ4n) is 4.48. The van der Waals surface area contributed by atoms with Crippen LogP contribution in [-0.4, -0.2) is 43.1 Å². The molecule has 6 nitrogen and oxygen atoms in total. The van der Waals surface area contributed by atoms with Gasteiger partial charge in [-0.3, -0.25) is 14.7 Å². The van der Waals surface area contributed by atoms with Crippen LogP contribution in [0.15, 0.2) is 54.9 Å². The maximum Gasteiger partial charge on any atom is 0.238 e. The molecular formula is C27H31N3O3. The maximum atomic E-state index is 12.9. The molecule has 1 aliphatic rings. The van der Waals surface area contributed by atoms with E-state index in [1.807, 2.05) is 12.1 Å². The zero-order chi connectivity index (χ0) is 23.4. The summed E-state index contributed by atoms with van der Waals surface area (Å²) in [5, 5.41) is 2.97. The molecule has 2 aromatic carbocycles. The molecule has 1 unspecified atom stereocenters. The van der Waals surface area contributed by atoms with Gasteiger partial charge in [0, 0.05) is 18.8 Å². The minimum atomic E-state index is -0.0444. The van der Waals surface area contributed by atoms with Crippen molar-refractivity contribution in [3.05, 3.63) is 82.7 Å². The summed E-state index contributed by atoms with van der Waals surface area (Å²) >= 11 is 0. The second-order valence-corrected chi connectivity index (χ2v) is 8.55. The van der Waals surface area contributed by atoms with Gasteiger partial charge in [-0.1, -0.05) is 18.2 Å². The highest BCUT2D eigenvalue weighted by Crippen LogP contribution is 2.39. The molecule has 1 aromatic heterocycles. The van der Waals surface area contributed by atoms with Crippen LogP contribution in [0.3, 0.4) is 0 Å². The lowest BCUT2D eigenvalue weighted by atomic mass is 9.87. The van der Waals surface area contributed by atoms with Crippen LogP contribution in [0.5, 0.6) is 11.5 Å². The van der Waals surface area contributed by atoms with Gasteiger partial charge in [-0.15, -0.1) is 0 Å². The van der Waals surface area contributed by atoms with Gasteiger partial charge in [-0.25, -0.2) is 0 Å². The second kappa shape index (κ2) is 10.0. The zero-order valence-electron chi connectivity index (χ0n) is 19.7. The number of fused-ring (bicyclic) bond motifs is 1. The summed E-state index contributed by atoms with van der Waals surface area (Å²) in [6.07, 6.45) is 5.01. The number of aromatic nitrogens is 1. The average molecular weight is 446 g/mol. The summed E-state index contributed by atoms with van der Waals surface area (Å²) in [4.78, 5) is 19.2. The van der Waals surface area contributed by atoms with Crippen LogP contribution in [0.2, 0.25) is 0 Å². The number of methoxy groups -OCH3 is 2. The Labute approximate surface area is 195 Å². The fraction of sp³-hybridized carbons (Fsp3) is 0.333. The predicted octanol–water partition coefficient (Wildman–Crippen LogP) is 4.50. The third-order valence-corrected chi connectivity index (χ3v) is 6.41. The molecular weight excluding hydrogens is 414 g/mol. The molecule has 172 valence electrons. The smallest absolute Gasteiger partial charge is 0.238 e. The highest BCUT2D eigenvalue weighted by molar-refractivity contribution is 5.92. The van der Waals surface area contributed by atoms with E-state index in [2.05, 4.69) is 59.4 Å². The van der Waals surface area contributed by atoms with Crippen LogP contribution in [0.25, 0.3) is 0 Å². The molecule has 0 fully saturated rings. The zero-order valence-corrected chi connectivity index (χ0v) is 19.7. The Kier molecular flexibility index (Phi) is 6.94. The Morgan fingerprint density at radius 1 is 1.09 bits per heavy atom. The topological polar surface area (TPSA) is 63.7 Å². The third-order valence-electron chi connectivity index (χ3n) is 6.41. The van der Waals surface area contributed by atoms with Gasteiger partial charge in [-0.2, -0.15) is 0 Å². The summed E-state index contributed by atoms with van der Waals surface area (Å²) in [7, 11) is 3.32. The molecule has 0 spiro atoms. The lowest BCUT2D eigenvalue weighted by Gasteiger charge is -2.37. The van der Waals surface area contributed by atoms with Crippen molar-refractivity contribution in [2.75, 3.05) is 32.6 Å². The number of nitrogens with zero attached hydrogens (tertiary/aromatic N) is 2. The Balaban J connectivity index is 1.65. The molecule has 0 saturated carbocycles. The number of carbonyl (C=O) groups is 1. The highest BCUT2D eigenvalue weighted by Gasteiger charge is 2.30. The van der Waals surface area contributed by atoms with Gasteiger partial charge < -0.3 is 14.8 Å². The monoisotopic (exact) mass is 445 g/mol. The van der Waals surface area contributed by atoms with E-state index in [1.165, 1.54) is 27.8 Å². The van der Waals surface area contributed by atoms with Crippen LogP contribution >= 0.6 is 0 Å². The lowest BCUT2D eigenvalue weighted by Crippen LogP contribution is -2.41. The number of amides is 1. The quantitative estimate of drug-likeness (QED) is 0.580. The van der Waals surface area contributed by atoms with Crippen molar-refractivity contribution in [3.63, 3.8) is 0 Å². The molecule has 1 N–H and O–H groups in total. The molecule has 2 heterocycles. The van der Waals surface area contributed by atoms with Crippen LogP contribution in [0, 0.1) is 13.8 Å². The Morgan fingerprint density at radius 2 is 1.88 bits per heavy atom. The minimum absolute atomic E-state index is 0.0444. The first-order valence-corrected chi connectivity index (χ1v) is 11.2. The molecule has 33 heavy (non-hydrogen) atoms. The van der Waals surface area contributed by atoms with Crippen LogP contribution in [0.4, 0.5) is 5.69 Å². The van der Waals surface area contributed by atoms with Gasteiger partial charge in [-0.05, 0) is 78.8 Å². The normalized spacial score (nSPS) is 15.6. The molecule has 3 aromatic rings. The number of aryl methyl sites for hydroxylation is 2. The largest absolute Gasteiger partial charge is 0.493 e. The summed E-state index contributed by atoms with van der Waals surface area (Å²) in [6, 6.07) is 14.5. The molecule has 1 aliphatic heterocycles. The molecule has 0 aliphatic carbocycles. The Hall–Kier alpha value is -3.38.